The van der Waals surface area contributed by atoms with Gasteiger partial charge in [-0.05, 0) is 50.8 Å². The summed E-state index contributed by atoms with van der Waals surface area (Å²) in [5.74, 6) is 0.638. The van der Waals surface area contributed by atoms with Crippen LogP contribution in [0.4, 0.5) is 0 Å². The van der Waals surface area contributed by atoms with Crippen molar-refractivity contribution in [1.29, 1.82) is 0 Å². The fraction of sp³-hybridized carbons (Fsp3) is 0.286. The molecule has 0 spiro atoms. The standard InChI is InChI=1S/C21H23ClN4O2S/c1-15(25(2)3)20-23-24-21(26(20)18-11-9-17(22)10-12-18)29-14-19(27)28-13-16-7-5-4-6-8-16/h4-12,15H,13-14H2,1-3H3. The van der Waals surface area contributed by atoms with E-state index >= 15 is 0 Å². The third-order valence-electron chi connectivity index (χ3n) is 4.45. The van der Waals surface area contributed by atoms with Crippen molar-refractivity contribution in [1.82, 2.24) is 19.7 Å². The summed E-state index contributed by atoms with van der Waals surface area (Å²) >= 11 is 7.34. The highest BCUT2D eigenvalue weighted by atomic mass is 35.5. The van der Waals surface area contributed by atoms with Gasteiger partial charge in [0.2, 0.25) is 0 Å². The molecule has 0 aliphatic rings. The summed E-state index contributed by atoms with van der Waals surface area (Å²) < 4.78 is 7.32. The molecule has 1 heterocycles. The third-order valence-corrected chi connectivity index (χ3v) is 5.61. The highest BCUT2D eigenvalue weighted by Crippen LogP contribution is 2.27. The second-order valence-corrected chi connectivity index (χ2v) is 8.11. The molecule has 0 N–H and O–H groups in total. The molecule has 0 fully saturated rings. The summed E-state index contributed by atoms with van der Waals surface area (Å²) in [5, 5.41) is 9.98. The van der Waals surface area contributed by atoms with E-state index in [9.17, 15) is 4.79 Å². The zero-order valence-corrected chi connectivity index (χ0v) is 18.2. The van der Waals surface area contributed by atoms with E-state index in [1.807, 2.05) is 73.3 Å². The average molecular weight is 431 g/mol. The minimum absolute atomic E-state index is 0.0394. The van der Waals surface area contributed by atoms with Crippen LogP contribution in [0, 0.1) is 0 Å². The fourth-order valence-corrected chi connectivity index (χ4v) is 3.50. The van der Waals surface area contributed by atoms with Crippen molar-refractivity contribution in [2.24, 2.45) is 0 Å². The van der Waals surface area contributed by atoms with Gasteiger partial charge in [0.1, 0.15) is 6.61 Å². The van der Waals surface area contributed by atoms with Crippen LogP contribution in [0.5, 0.6) is 0 Å². The number of aromatic nitrogens is 3. The van der Waals surface area contributed by atoms with Gasteiger partial charge in [0.15, 0.2) is 11.0 Å². The normalized spacial score (nSPS) is 12.2. The minimum atomic E-state index is -0.299. The number of ether oxygens (including phenoxy) is 1. The van der Waals surface area contributed by atoms with Crippen LogP contribution >= 0.6 is 23.4 Å². The summed E-state index contributed by atoms with van der Waals surface area (Å²) in [6.07, 6.45) is 0. The van der Waals surface area contributed by atoms with Crippen LogP contribution in [0.3, 0.4) is 0 Å². The molecule has 0 radical (unpaired) electrons. The highest BCUT2D eigenvalue weighted by molar-refractivity contribution is 7.99. The lowest BCUT2D eigenvalue weighted by Crippen LogP contribution is -2.20. The Morgan fingerprint density at radius 2 is 1.83 bits per heavy atom. The molecule has 3 rings (SSSR count). The second kappa shape index (κ2) is 9.91. The zero-order chi connectivity index (χ0) is 20.8. The molecule has 0 saturated heterocycles. The smallest absolute Gasteiger partial charge is 0.316 e. The summed E-state index contributed by atoms with van der Waals surface area (Å²) in [6.45, 7) is 2.31. The molecule has 1 aromatic heterocycles. The Labute approximate surface area is 179 Å². The molecule has 0 amide bonds. The maximum absolute atomic E-state index is 12.2. The van der Waals surface area contributed by atoms with E-state index in [1.165, 1.54) is 11.8 Å². The Kier molecular flexibility index (Phi) is 7.30. The monoisotopic (exact) mass is 430 g/mol. The Morgan fingerprint density at radius 3 is 2.48 bits per heavy atom. The van der Waals surface area contributed by atoms with E-state index in [4.69, 9.17) is 16.3 Å². The first kappa shape index (κ1) is 21.4. The topological polar surface area (TPSA) is 60.2 Å². The Morgan fingerprint density at radius 1 is 1.14 bits per heavy atom. The van der Waals surface area contributed by atoms with Gasteiger partial charge in [-0.15, -0.1) is 10.2 Å². The van der Waals surface area contributed by atoms with Crippen LogP contribution in [-0.2, 0) is 16.1 Å². The van der Waals surface area contributed by atoms with Crippen molar-refractivity contribution in [3.63, 3.8) is 0 Å². The molecule has 8 heteroatoms. The number of thioether (sulfide) groups is 1. The molecule has 2 aromatic carbocycles. The van der Waals surface area contributed by atoms with Gasteiger partial charge in [-0.2, -0.15) is 0 Å². The molecule has 0 aliphatic heterocycles. The molecule has 152 valence electrons. The maximum atomic E-state index is 12.2. The van der Waals surface area contributed by atoms with Gasteiger partial charge < -0.3 is 4.74 Å². The first-order valence-electron chi connectivity index (χ1n) is 9.15. The first-order chi connectivity index (χ1) is 14.0. The molecular formula is C21H23ClN4O2S. The highest BCUT2D eigenvalue weighted by Gasteiger charge is 2.21. The number of nitrogens with zero attached hydrogens (tertiary/aromatic N) is 4. The number of carbonyl (C=O) groups is 1. The number of hydrogen-bond acceptors (Lipinski definition) is 6. The van der Waals surface area contributed by atoms with Crippen molar-refractivity contribution in [3.8, 4) is 5.69 Å². The predicted molar refractivity (Wildman–Crippen MR) is 115 cm³/mol. The van der Waals surface area contributed by atoms with Crippen LogP contribution in [0.1, 0.15) is 24.4 Å². The lowest BCUT2D eigenvalue weighted by atomic mass is 10.2. The summed E-state index contributed by atoms with van der Waals surface area (Å²) in [7, 11) is 3.97. The molecule has 1 atom stereocenters. The fourth-order valence-electron chi connectivity index (χ4n) is 2.61. The van der Waals surface area contributed by atoms with E-state index in [2.05, 4.69) is 22.0 Å². The van der Waals surface area contributed by atoms with Crippen LogP contribution in [0.25, 0.3) is 5.69 Å². The molecule has 0 bridgehead atoms. The summed E-state index contributed by atoms with van der Waals surface area (Å²) in [4.78, 5) is 14.3. The number of benzene rings is 2. The quantitative estimate of drug-likeness (QED) is 0.390. The van der Waals surface area contributed by atoms with Gasteiger partial charge in [-0.25, -0.2) is 0 Å². The van der Waals surface area contributed by atoms with Crippen molar-refractivity contribution in [3.05, 3.63) is 71.0 Å². The van der Waals surface area contributed by atoms with Gasteiger partial charge in [0.05, 0.1) is 11.8 Å². The van der Waals surface area contributed by atoms with E-state index in [0.717, 1.165) is 17.1 Å². The van der Waals surface area contributed by atoms with Gasteiger partial charge in [0.25, 0.3) is 0 Å². The number of rotatable bonds is 8. The molecule has 0 aliphatic carbocycles. The Hall–Kier alpha value is -2.35. The number of hydrogen-bond donors (Lipinski definition) is 0. The number of esters is 1. The van der Waals surface area contributed by atoms with Crippen molar-refractivity contribution in [2.45, 2.75) is 24.7 Å². The lowest BCUT2D eigenvalue weighted by Gasteiger charge is -2.20. The van der Waals surface area contributed by atoms with Crippen molar-refractivity contribution < 1.29 is 9.53 Å². The number of halogens is 1. The lowest BCUT2D eigenvalue weighted by molar-refractivity contribution is -0.141. The predicted octanol–water partition coefficient (Wildman–Crippen LogP) is 4.38. The maximum Gasteiger partial charge on any atom is 0.316 e. The van der Waals surface area contributed by atoms with Crippen LogP contribution in [0.2, 0.25) is 5.02 Å². The zero-order valence-electron chi connectivity index (χ0n) is 16.6. The molecule has 3 aromatic rings. The van der Waals surface area contributed by atoms with E-state index < -0.39 is 0 Å². The molecule has 1 unspecified atom stereocenters. The SMILES string of the molecule is CC(c1nnc(SCC(=O)OCc2ccccc2)n1-c1ccc(Cl)cc1)N(C)C. The molecule has 29 heavy (non-hydrogen) atoms. The summed E-state index contributed by atoms with van der Waals surface area (Å²) in [6, 6.07) is 17.1. The molecule has 0 saturated carbocycles. The van der Waals surface area contributed by atoms with Crippen LogP contribution in [0.15, 0.2) is 59.8 Å². The van der Waals surface area contributed by atoms with Crippen LogP contribution < -0.4 is 0 Å². The van der Waals surface area contributed by atoms with Gasteiger partial charge in [0, 0.05) is 10.7 Å². The van der Waals surface area contributed by atoms with Gasteiger partial charge in [-0.1, -0.05) is 53.7 Å². The van der Waals surface area contributed by atoms with Crippen molar-refractivity contribution in [2.75, 3.05) is 19.8 Å². The minimum Gasteiger partial charge on any atom is -0.460 e. The molecule has 6 nitrogen and oxygen atoms in total. The van der Waals surface area contributed by atoms with E-state index in [-0.39, 0.29) is 24.4 Å². The molecular weight excluding hydrogens is 408 g/mol. The van der Waals surface area contributed by atoms with Crippen LogP contribution in [-0.4, -0.2) is 45.5 Å². The van der Waals surface area contributed by atoms with Gasteiger partial charge in [-0.3, -0.25) is 14.3 Å². The largest absolute Gasteiger partial charge is 0.460 e. The Bertz CT molecular complexity index is 945. The average Bonchev–Trinajstić information content (AvgIpc) is 3.15. The first-order valence-corrected chi connectivity index (χ1v) is 10.5. The van der Waals surface area contributed by atoms with E-state index in [1.54, 1.807) is 0 Å². The second-order valence-electron chi connectivity index (χ2n) is 6.73. The van der Waals surface area contributed by atoms with E-state index in [0.29, 0.717) is 10.2 Å². The number of carbonyl (C=O) groups excluding carboxylic acids is 1. The van der Waals surface area contributed by atoms with Crippen molar-refractivity contribution >= 4 is 29.3 Å². The van der Waals surface area contributed by atoms with Gasteiger partial charge >= 0.3 is 5.97 Å². The summed E-state index contributed by atoms with van der Waals surface area (Å²) in [5.41, 5.74) is 1.85. The third kappa shape index (κ3) is 5.59. The Balaban J connectivity index is 1.74.